The molecule has 5 heteroatoms. The molecule has 0 bridgehead atoms. The van der Waals surface area contributed by atoms with Crippen LogP contribution < -0.4 is 10.2 Å². The van der Waals surface area contributed by atoms with Gasteiger partial charge in [-0.15, -0.1) is 0 Å². The van der Waals surface area contributed by atoms with E-state index in [4.69, 9.17) is 4.98 Å². The molecule has 0 radical (unpaired) electrons. The van der Waals surface area contributed by atoms with Gasteiger partial charge in [-0.2, -0.15) is 10.2 Å². The number of anilines is 1. The van der Waals surface area contributed by atoms with E-state index in [1.165, 1.54) is 55.9 Å². The first-order chi connectivity index (χ1) is 15.7. The molecular weight excluding hydrogens is 394 g/mol. The number of pyridine rings is 1. The van der Waals surface area contributed by atoms with E-state index in [1.807, 2.05) is 0 Å². The molecule has 32 heavy (non-hydrogen) atoms. The first-order valence-corrected chi connectivity index (χ1v) is 12.4. The maximum Gasteiger partial charge on any atom is 0.138 e. The maximum atomic E-state index is 5.14. The average Bonchev–Trinajstić information content (AvgIpc) is 2.84. The number of nitrogens with zero attached hydrogens (tertiary/aromatic N) is 4. The van der Waals surface area contributed by atoms with Gasteiger partial charge < -0.3 is 10.2 Å². The standard InChI is InChI=1S/C27H35N5/c1-3-21-10-12-26(31-30-21)24-18-20-17-19(2)9-11-25(20)29-27(24)32-15-13-23(14-16-32)28-22-7-5-4-6-8-22/h9-12,17-18,22-23,28H,3-8,13-16H2,1-2H3. The van der Waals surface area contributed by atoms with Crippen LogP contribution in [0.15, 0.2) is 36.4 Å². The molecule has 3 aromatic rings. The molecule has 1 N–H and O–H groups in total. The highest BCUT2D eigenvalue weighted by atomic mass is 15.2. The molecule has 1 aromatic carbocycles. The van der Waals surface area contributed by atoms with E-state index in [1.54, 1.807) is 0 Å². The second-order valence-electron chi connectivity index (χ2n) is 9.58. The van der Waals surface area contributed by atoms with Gasteiger partial charge in [0.05, 0.1) is 16.9 Å². The number of hydrogen-bond donors (Lipinski definition) is 1. The van der Waals surface area contributed by atoms with Gasteiger partial charge in [-0.05, 0) is 69.4 Å². The van der Waals surface area contributed by atoms with Gasteiger partial charge in [0.25, 0.3) is 0 Å². The zero-order valence-electron chi connectivity index (χ0n) is 19.5. The van der Waals surface area contributed by atoms with Crippen molar-refractivity contribution in [3.63, 3.8) is 0 Å². The first kappa shape index (κ1) is 21.3. The lowest BCUT2D eigenvalue weighted by Gasteiger charge is -2.36. The second-order valence-corrected chi connectivity index (χ2v) is 9.58. The predicted octanol–water partition coefficient (Wildman–Crippen LogP) is 5.45. The van der Waals surface area contributed by atoms with E-state index in [-0.39, 0.29) is 0 Å². The summed E-state index contributed by atoms with van der Waals surface area (Å²) in [6, 6.07) is 14.3. The van der Waals surface area contributed by atoms with Crippen molar-refractivity contribution in [2.75, 3.05) is 18.0 Å². The van der Waals surface area contributed by atoms with Crippen LogP contribution in [0.1, 0.15) is 63.1 Å². The summed E-state index contributed by atoms with van der Waals surface area (Å²) >= 11 is 0. The third-order valence-corrected chi connectivity index (χ3v) is 7.18. The number of benzene rings is 1. The molecule has 2 aromatic heterocycles. The molecule has 0 unspecified atom stereocenters. The summed E-state index contributed by atoms with van der Waals surface area (Å²) in [7, 11) is 0. The summed E-state index contributed by atoms with van der Waals surface area (Å²) in [6.45, 7) is 6.30. The van der Waals surface area contributed by atoms with Crippen molar-refractivity contribution in [3.8, 4) is 11.3 Å². The molecule has 1 saturated heterocycles. The van der Waals surface area contributed by atoms with Gasteiger partial charge in [0.1, 0.15) is 5.82 Å². The summed E-state index contributed by atoms with van der Waals surface area (Å²) in [4.78, 5) is 7.60. The van der Waals surface area contributed by atoms with Gasteiger partial charge in [-0.3, -0.25) is 0 Å². The number of rotatable bonds is 5. The molecule has 5 rings (SSSR count). The Morgan fingerprint density at radius 2 is 1.69 bits per heavy atom. The Bertz CT molecular complexity index is 1050. The molecule has 1 saturated carbocycles. The minimum atomic E-state index is 0.629. The smallest absolute Gasteiger partial charge is 0.138 e. The minimum absolute atomic E-state index is 0.629. The quantitative estimate of drug-likeness (QED) is 0.584. The van der Waals surface area contributed by atoms with E-state index in [9.17, 15) is 0 Å². The van der Waals surface area contributed by atoms with Crippen molar-refractivity contribution >= 4 is 16.7 Å². The Kier molecular flexibility index (Phi) is 6.35. The van der Waals surface area contributed by atoms with Crippen LogP contribution in [-0.4, -0.2) is 40.4 Å². The lowest BCUT2D eigenvalue weighted by Crippen LogP contribution is -2.47. The van der Waals surface area contributed by atoms with Crippen molar-refractivity contribution in [2.45, 2.75) is 77.3 Å². The van der Waals surface area contributed by atoms with Crippen molar-refractivity contribution in [1.29, 1.82) is 0 Å². The second kappa shape index (κ2) is 9.53. The summed E-state index contributed by atoms with van der Waals surface area (Å²) in [5.41, 5.74) is 5.33. The van der Waals surface area contributed by atoms with Crippen molar-refractivity contribution in [3.05, 3.63) is 47.7 Å². The van der Waals surface area contributed by atoms with E-state index in [0.717, 1.165) is 53.8 Å². The van der Waals surface area contributed by atoms with Crippen LogP contribution in [0.5, 0.6) is 0 Å². The average molecular weight is 430 g/mol. The fourth-order valence-electron chi connectivity index (χ4n) is 5.27. The van der Waals surface area contributed by atoms with Gasteiger partial charge in [-0.1, -0.05) is 37.8 Å². The van der Waals surface area contributed by atoms with Crippen LogP contribution >= 0.6 is 0 Å². The lowest BCUT2D eigenvalue weighted by molar-refractivity contribution is 0.307. The van der Waals surface area contributed by atoms with Gasteiger partial charge in [-0.25, -0.2) is 4.98 Å². The third kappa shape index (κ3) is 4.63. The normalized spacial score (nSPS) is 18.4. The van der Waals surface area contributed by atoms with Gasteiger partial charge in [0.2, 0.25) is 0 Å². The molecular formula is C27H35N5. The lowest BCUT2D eigenvalue weighted by atomic mass is 9.93. The van der Waals surface area contributed by atoms with Crippen LogP contribution in [0.3, 0.4) is 0 Å². The van der Waals surface area contributed by atoms with E-state index in [0.29, 0.717) is 6.04 Å². The monoisotopic (exact) mass is 429 g/mol. The van der Waals surface area contributed by atoms with Crippen molar-refractivity contribution in [1.82, 2.24) is 20.5 Å². The maximum absolute atomic E-state index is 5.14. The fourth-order valence-corrected chi connectivity index (χ4v) is 5.27. The predicted molar refractivity (Wildman–Crippen MR) is 132 cm³/mol. The largest absolute Gasteiger partial charge is 0.356 e. The van der Waals surface area contributed by atoms with E-state index in [2.05, 4.69) is 70.7 Å². The Balaban J connectivity index is 1.41. The van der Waals surface area contributed by atoms with Crippen molar-refractivity contribution in [2.24, 2.45) is 0 Å². The number of nitrogens with one attached hydrogen (secondary N) is 1. The minimum Gasteiger partial charge on any atom is -0.356 e. The van der Waals surface area contributed by atoms with Crippen LogP contribution in [0.25, 0.3) is 22.2 Å². The molecule has 0 spiro atoms. The summed E-state index contributed by atoms with van der Waals surface area (Å²) in [5, 5.41) is 14.1. The number of fused-ring (bicyclic) bond motifs is 1. The van der Waals surface area contributed by atoms with Crippen LogP contribution in [-0.2, 0) is 6.42 Å². The molecule has 1 aliphatic carbocycles. The molecule has 0 amide bonds. The first-order valence-electron chi connectivity index (χ1n) is 12.4. The zero-order valence-corrected chi connectivity index (χ0v) is 19.5. The summed E-state index contributed by atoms with van der Waals surface area (Å²) in [5.74, 6) is 1.05. The Labute approximate surface area is 191 Å². The highest BCUT2D eigenvalue weighted by Crippen LogP contribution is 2.33. The number of aromatic nitrogens is 3. The highest BCUT2D eigenvalue weighted by Gasteiger charge is 2.25. The number of piperidine rings is 1. The Morgan fingerprint density at radius 3 is 2.41 bits per heavy atom. The summed E-state index contributed by atoms with van der Waals surface area (Å²) in [6.07, 6.45) is 10.1. The molecule has 2 aliphatic rings. The van der Waals surface area contributed by atoms with Crippen molar-refractivity contribution < 1.29 is 0 Å². The Hall–Kier alpha value is -2.53. The van der Waals surface area contributed by atoms with E-state index < -0.39 is 0 Å². The zero-order chi connectivity index (χ0) is 21.9. The van der Waals surface area contributed by atoms with Crippen LogP contribution in [0.2, 0.25) is 0 Å². The fraction of sp³-hybridized carbons (Fsp3) is 0.519. The van der Waals surface area contributed by atoms with Gasteiger partial charge >= 0.3 is 0 Å². The van der Waals surface area contributed by atoms with E-state index >= 15 is 0 Å². The van der Waals surface area contributed by atoms with Crippen LogP contribution in [0.4, 0.5) is 5.82 Å². The van der Waals surface area contributed by atoms with Gasteiger partial charge in [0, 0.05) is 36.1 Å². The SMILES string of the molecule is CCc1ccc(-c2cc3cc(C)ccc3nc2N2CCC(NC3CCCCC3)CC2)nn1. The molecule has 168 valence electrons. The Morgan fingerprint density at radius 1 is 0.906 bits per heavy atom. The number of hydrogen-bond acceptors (Lipinski definition) is 5. The highest BCUT2D eigenvalue weighted by molar-refractivity contribution is 5.89. The molecule has 3 heterocycles. The molecule has 0 atom stereocenters. The topological polar surface area (TPSA) is 53.9 Å². The molecule has 5 nitrogen and oxygen atoms in total. The summed E-state index contributed by atoms with van der Waals surface area (Å²) < 4.78 is 0. The molecule has 2 fully saturated rings. The van der Waals surface area contributed by atoms with Gasteiger partial charge in [0.15, 0.2) is 0 Å². The molecule has 1 aliphatic heterocycles. The third-order valence-electron chi connectivity index (χ3n) is 7.18. The van der Waals surface area contributed by atoms with Crippen LogP contribution in [0, 0.1) is 6.92 Å². The number of aryl methyl sites for hydroxylation is 2.